The van der Waals surface area contributed by atoms with E-state index in [1.165, 1.54) is 5.56 Å². The SMILES string of the molecule is CCOC(=O)c1cc(C[N+](=O)C(C)(C)C)c2cc(C(C)C)ccc(C)c1-2. The molecule has 0 fully saturated rings. The highest BCUT2D eigenvalue weighted by molar-refractivity contribution is 6.01. The lowest BCUT2D eigenvalue weighted by Gasteiger charge is -2.10. The lowest BCUT2D eigenvalue weighted by atomic mass is 9.99. The summed E-state index contributed by atoms with van der Waals surface area (Å²) in [6.45, 7) is 14.3. The number of aryl methyl sites for hydroxylation is 1. The molecule has 0 heterocycles. The highest BCUT2D eigenvalue weighted by Gasteiger charge is 2.32. The van der Waals surface area contributed by atoms with Gasteiger partial charge in [-0.25, -0.2) is 4.79 Å². The van der Waals surface area contributed by atoms with Crippen LogP contribution in [0.15, 0.2) is 24.3 Å². The normalized spacial score (nSPS) is 11.8. The molecule has 2 aliphatic carbocycles. The van der Waals surface area contributed by atoms with Gasteiger partial charge in [-0.15, -0.1) is 0 Å². The van der Waals surface area contributed by atoms with Crippen molar-refractivity contribution in [1.82, 2.24) is 0 Å². The summed E-state index contributed by atoms with van der Waals surface area (Å²) in [5, 5.41) is 0. The Kier molecular flexibility index (Phi) is 5.84. The Morgan fingerprint density at radius 2 is 1.85 bits per heavy atom. The molecule has 0 aromatic carbocycles. The van der Waals surface area contributed by atoms with Crippen LogP contribution in [0.2, 0.25) is 0 Å². The van der Waals surface area contributed by atoms with Crippen LogP contribution in [0.1, 0.15) is 74.5 Å². The number of hydrogen-bond donors (Lipinski definition) is 0. The fourth-order valence-corrected chi connectivity index (χ4v) is 2.99. The van der Waals surface area contributed by atoms with Gasteiger partial charge in [0.1, 0.15) is 0 Å². The summed E-state index contributed by atoms with van der Waals surface area (Å²) in [5.41, 5.74) is 4.95. The van der Waals surface area contributed by atoms with Crippen molar-refractivity contribution in [3.05, 3.63) is 51.4 Å². The molecule has 140 valence electrons. The van der Waals surface area contributed by atoms with Gasteiger partial charge in [-0.2, -0.15) is 0 Å². The second-order valence-electron chi connectivity index (χ2n) is 8.12. The molecule has 0 atom stereocenters. The Morgan fingerprint density at radius 3 is 2.38 bits per heavy atom. The number of carbonyl (C=O) groups excluding carboxylic acids is 1. The Labute approximate surface area is 156 Å². The number of esters is 1. The van der Waals surface area contributed by atoms with E-state index in [4.69, 9.17) is 4.74 Å². The standard InChI is InChI=1S/C22H30NO3/c1-8-26-21(24)19-12-17(13-23(25)22(5,6)7)18-11-16(14(2)3)10-9-15(4)20(18)19/h9-12,14H,8,13H2,1-7H3/q+1. The van der Waals surface area contributed by atoms with Crippen LogP contribution < -0.4 is 0 Å². The first-order chi connectivity index (χ1) is 12.1. The number of hydrogen-bond acceptors (Lipinski definition) is 3. The maximum Gasteiger partial charge on any atom is 0.338 e. The van der Waals surface area contributed by atoms with Gasteiger partial charge in [-0.05, 0) is 48.1 Å². The van der Waals surface area contributed by atoms with E-state index in [1.807, 2.05) is 39.8 Å². The maximum absolute atomic E-state index is 12.6. The van der Waals surface area contributed by atoms with Crippen molar-refractivity contribution in [3.8, 4) is 11.1 Å². The minimum Gasteiger partial charge on any atom is -0.462 e. The number of carbonyl (C=O) groups is 1. The summed E-state index contributed by atoms with van der Waals surface area (Å²) in [5.74, 6) is 0.0159. The van der Waals surface area contributed by atoms with E-state index < -0.39 is 5.54 Å². The molecule has 2 rings (SSSR count). The molecule has 0 saturated carbocycles. The van der Waals surface area contributed by atoms with E-state index >= 15 is 0 Å². The van der Waals surface area contributed by atoms with Gasteiger partial charge in [0.25, 0.3) is 0 Å². The molecule has 0 saturated heterocycles. The summed E-state index contributed by atoms with van der Waals surface area (Å²) < 4.78 is 6.32. The van der Waals surface area contributed by atoms with Crippen molar-refractivity contribution >= 4 is 5.97 Å². The number of rotatable bonds is 5. The lowest BCUT2D eigenvalue weighted by molar-refractivity contribution is -0.630. The van der Waals surface area contributed by atoms with Gasteiger partial charge in [0, 0.05) is 36.0 Å². The van der Waals surface area contributed by atoms with Gasteiger partial charge >= 0.3 is 5.97 Å². The summed E-state index contributed by atoms with van der Waals surface area (Å²) in [7, 11) is 0. The predicted octanol–water partition coefficient (Wildman–Crippen LogP) is 5.48. The van der Waals surface area contributed by atoms with Crippen LogP contribution in [0.3, 0.4) is 0 Å². The zero-order chi connectivity index (χ0) is 19.6. The van der Waals surface area contributed by atoms with Crippen LogP contribution in [-0.2, 0) is 11.3 Å². The zero-order valence-corrected chi connectivity index (χ0v) is 17.0. The van der Waals surface area contributed by atoms with Crippen LogP contribution in [0.4, 0.5) is 0 Å². The van der Waals surface area contributed by atoms with Gasteiger partial charge in [-0.1, -0.05) is 32.0 Å². The van der Waals surface area contributed by atoms with E-state index in [2.05, 4.69) is 26.0 Å². The van der Waals surface area contributed by atoms with Crippen LogP contribution in [-0.4, -0.2) is 22.9 Å². The molecular weight excluding hydrogens is 326 g/mol. The molecule has 0 spiro atoms. The average Bonchev–Trinajstić information content (AvgIpc) is 2.78. The fraction of sp³-hybridized carbons (Fsp3) is 0.500. The summed E-state index contributed by atoms with van der Waals surface area (Å²) in [6, 6.07) is 8.08. The molecule has 26 heavy (non-hydrogen) atoms. The first-order valence-electron chi connectivity index (χ1n) is 9.24. The first kappa shape index (κ1) is 20.1. The molecule has 0 amide bonds. The molecule has 0 unspecified atom stereocenters. The highest BCUT2D eigenvalue weighted by atomic mass is 16.5. The van der Waals surface area contributed by atoms with Gasteiger partial charge in [0.05, 0.1) is 12.2 Å². The van der Waals surface area contributed by atoms with Crippen molar-refractivity contribution in [2.24, 2.45) is 0 Å². The monoisotopic (exact) mass is 356 g/mol. The molecular formula is C22H30NO3+. The first-order valence-corrected chi connectivity index (χ1v) is 9.24. The third-order valence-electron chi connectivity index (χ3n) is 4.66. The topological polar surface area (TPSA) is 46.4 Å². The van der Waals surface area contributed by atoms with Crippen molar-refractivity contribution in [1.29, 1.82) is 0 Å². The quantitative estimate of drug-likeness (QED) is 0.526. The minimum atomic E-state index is -0.499. The number of fused-ring (bicyclic) bond motifs is 1. The second kappa shape index (κ2) is 7.56. The summed E-state index contributed by atoms with van der Waals surface area (Å²) in [6.07, 6.45) is 0. The van der Waals surface area contributed by atoms with Gasteiger partial charge in [0.2, 0.25) is 12.1 Å². The minimum absolute atomic E-state index is 0.237. The Hall–Kier alpha value is -2.23. The third-order valence-corrected chi connectivity index (χ3v) is 4.66. The summed E-state index contributed by atoms with van der Waals surface area (Å²) >= 11 is 0. The molecule has 0 aliphatic heterocycles. The van der Waals surface area contributed by atoms with Gasteiger partial charge < -0.3 is 4.74 Å². The Morgan fingerprint density at radius 1 is 1.19 bits per heavy atom. The van der Waals surface area contributed by atoms with Crippen molar-refractivity contribution < 1.29 is 14.3 Å². The maximum atomic E-state index is 12.6. The van der Waals surface area contributed by atoms with E-state index in [0.717, 1.165) is 27.0 Å². The number of nitroso groups, excluding NO2 is 1. The van der Waals surface area contributed by atoms with Crippen LogP contribution >= 0.6 is 0 Å². The third kappa shape index (κ3) is 4.12. The van der Waals surface area contributed by atoms with E-state index in [-0.39, 0.29) is 12.5 Å². The molecule has 0 aromatic heterocycles. The van der Waals surface area contributed by atoms with Crippen LogP contribution in [0, 0.1) is 11.8 Å². The van der Waals surface area contributed by atoms with Crippen molar-refractivity contribution in [2.75, 3.05) is 6.61 Å². The van der Waals surface area contributed by atoms with Crippen molar-refractivity contribution in [3.63, 3.8) is 0 Å². The number of ether oxygens (including phenoxy) is 1. The molecule has 2 aliphatic rings. The highest BCUT2D eigenvalue weighted by Crippen LogP contribution is 2.37. The average molecular weight is 356 g/mol. The van der Waals surface area contributed by atoms with E-state index in [9.17, 15) is 9.70 Å². The van der Waals surface area contributed by atoms with Crippen molar-refractivity contribution in [2.45, 2.75) is 66.5 Å². The summed E-state index contributed by atoms with van der Waals surface area (Å²) in [4.78, 5) is 25.1. The van der Waals surface area contributed by atoms with Crippen LogP contribution in [0.25, 0.3) is 11.1 Å². The zero-order valence-electron chi connectivity index (χ0n) is 17.0. The van der Waals surface area contributed by atoms with E-state index in [1.54, 1.807) is 6.92 Å². The lowest BCUT2D eigenvalue weighted by Crippen LogP contribution is -2.30. The number of nitrogens with zero attached hydrogens (tertiary/aromatic N) is 1. The molecule has 4 nitrogen and oxygen atoms in total. The predicted molar refractivity (Wildman–Crippen MR) is 105 cm³/mol. The van der Waals surface area contributed by atoms with Gasteiger partial charge in [0.15, 0.2) is 0 Å². The molecule has 0 bridgehead atoms. The fourth-order valence-electron chi connectivity index (χ4n) is 2.99. The molecule has 4 heteroatoms. The van der Waals surface area contributed by atoms with E-state index in [0.29, 0.717) is 18.1 Å². The van der Waals surface area contributed by atoms with Crippen LogP contribution in [0.5, 0.6) is 0 Å². The second-order valence-corrected chi connectivity index (χ2v) is 8.12. The largest absolute Gasteiger partial charge is 0.462 e. The molecule has 0 radical (unpaired) electrons. The van der Waals surface area contributed by atoms with Gasteiger partial charge in [-0.3, -0.25) is 0 Å². The molecule has 0 aromatic rings. The molecule has 0 N–H and O–H groups in total. The Bertz CT molecular complexity index is 800. The Balaban J connectivity index is 2.69. The smallest absolute Gasteiger partial charge is 0.338 e.